The molecule has 0 aromatic heterocycles. The number of carbonyl (C=O) groups excluding carboxylic acids is 2. The zero-order valence-electron chi connectivity index (χ0n) is 13.0. The van der Waals surface area contributed by atoms with Crippen molar-refractivity contribution in [2.75, 3.05) is 17.6 Å². The van der Waals surface area contributed by atoms with Gasteiger partial charge in [-0.15, -0.1) is 0 Å². The van der Waals surface area contributed by atoms with Crippen molar-refractivity contribution in [3.8, 4) is 0 Å². The molecule has 0 heterocycles. The predicted molar refractivity (Wildman–Crippen MR) is 90.0 cm³/mol. The number of carboxylic acid groups (broad SMARTS) is 1. The van der Waals surface area contributed by atoms with E-state index in [-0.39, 0.29) is 17.2 Å². The van der Waals surface area contributed by atoms with Gasteiger partial charge in [-0.25, -0.2) is 0 Å². The molecule has 5 N–H and O–H groups in total. The number of aliphatic carboxylic acids is 1. The third kappa shape index (κ3) is 4.57. The second kappa shape index (κ2) is 7.28. The minimum Gasteiger partial charge on any atom is -0.480 e. The molecule has 0 aliphatic rings. The van der Waals surface area contributed by atoms with Crippen LogP contribution in [-0.4, -0.2) is 29.4 Å². The van der Waals surface area contributed by atoms with Crippen LogP contribution in [0.5, 0.6) is 0 Å². The smallest absolute Gasteiger partial charge is 0.322 e. The molecule has 0 saturated carbocycles. The molecule has 124 valence electrons. The fourth-order valence-corrected chi connectivity index (χ4v) is 2.02. The molecule has 2 aromatic rings. The van der Waals surface area contributed by atoms with Gasteiger partial charge in [0.15, 0.2) is 0 Å². The standard InChI is InChI=1S/C17H17N3O4/c1-10-2-4-11(5-3-10)17(24)20-14-7-12(6-13(18)8-14)16(23)19-9-15(21)22/h2-8H,9,18H2,1H3,(H,19,23)(H,20,24)(H,21,22). The Hall–Kier alpha value is -3.35. The zero-order valence-corrected chi connectivity index (χ0v) is 13.0. The monoisotopic (exact) mass is 327 g/mol. The Kier molecular flexibility index (Phi) is 5.16. The highest BCUT2D eigenvalue weighted by molar-refractivity contribution is 6.05. The summed E-state index contributed by atoms with van der Waals surface area (Å²) in [6.45, 7) is 1.42. The van der Waals surface area contributed by atoms with E-state index in [4.69, 9.17) is 10.8 Å². The second-order valence-corrected chi connectivity index (χ2v) is 5.24. The molecule has 0 saturated heterocycles. The molecule has 0 fully saturated rings. The molecule has 0 atom stereocenters. The van der Waals surface area contributed by atoms with Gasteiger partial charge in [-0.2, -0.15) is 0 Å². The molecule has 2 rings (SSSR count). The first kappa shape index (κ1) is 17.0. The Morgan fingerprint density at radius 1 is 1.00 bits per heavy atom. The number of nitrogen functional groups attached to an aromatic ring is 1. The van der Waals surface area contributed by atoms with E-state index in [0.717, 1.165) is 5.56 Å². The minimum atomic E-state index is -1.15. The van der Waals surface area contributed by atoms with Crippen molar-refractivity contribution in [3.05, 3.63) is 59.2 Å². The number of amides is 2. The van der Waals surface area contributed by atoms with Gasteiger partial charge in [0, 0.05) is 22.5 Å². The lowest BCUT2D eigenvalue weighted by atomic mass is 10.1. The van der Waals surface area contributed by atoms with E-state index in [0.29, 0.717) is 11.3 Å². The molecular weight excluding hydrogens is 310 g/mol. The third-order valence-corrected chi connectivity index (χ3v) is 3.19. The minimum absolute atomic E-state index is 0.162. The molecule has 7 nitrogen and oxygen atoms in total. The van der Waals surface area contributed by atoms with E-state index >= 15 is 0 Å². The summed E-state index contributed by atoms with van der Waals surface area (Å²) in [5, 5.41) is 13.5. The molecule has 0 spiro atoms. The number of hydrogen-bond donors (Lipinski definition) is 4. The number of anilines is 2. The Labute approximate surface area is 138 Å². The maximum atomic E-state index is 12.2. The number of nitrogens with two attached hydrogens (primary N) is 1. The van der Waals surface area contributed by atoms with Gasteiger partial charge in [0.1, 0.15) is 6.54 Å². The van der Waals surface area contributed by atoms with Crippen molar-refractivity contribution in [2.24, 2.45) is 0 Å². The number of rotatable bonds is 5. The van der Waals surface area contributed by atoms with Crippen LogP contribution in [0.3, 0.4) is 0 Å². The Morgan fingerprint density at radius 2 is 1.67 bits per heavy atom. The highest BCUT2D eigenvalue weighted by Gasteiger charge is 2.11. The number of carboxylic acids is 1. The van der Waals surface area contributed by atoms with Crippen LogP contribution >= 0.6 is 0 Å². The topological polar surface area (TPSA) is 122 Å². The van der Waals surface area contributed by atoms with Crippen molar-refractivity contribution in [1.29, 1.82) is 0 Å². The number of aryl methyl sites for hydroxylation is 1. The number of nitrogens with one attached hydrogen (secondary N) is 2. The first-order valence-corrected chi connectivity index (χ1v) is 7.14. The van der Waals surface area contributed by atoms with Crippen LogP contribution in [0.25, 0.3) is 0 Å². The number of carbonyl (C=O) groups is 3. The fraction of sp³-hybridized carbons (Fsp3) is 0.118. The normalized spacial score (nSPS) is 10.0. The van der Waals surface area contributed by atoms with Crippen LogP contribution in [0.1, 0.15) is 26.3 Å². The van der Waals surface area contributed by atoms with Crippen molar-refractivity contribution in [1.82, 2.24) is 5.32 Å². The van der Waals surface area contributed by atoms with E-state index in [9.17, 15) is 14.4 Å². The summed E-state index contributed by atoms with van der Waals surface area (Å²) in [6, 6.07) is 11.4. The molecule has 24 heavy (non-hydrogen) atoms. The largest absolute Gasteiger partial charge is 0.480 e. The highest BCUT2D eigenvalue weighted by atomic mass is 16.4. The van der Waals surface area contributed by atoms with Gasteiger partial charge in [0.25, 0.3) is 11.8 Å². The lowest BCUT2D eigenvalue weighted by Gasteiger charge is -2.09. The molecule has 0 aliphatic carbocycles. The summed E-state index contributed by atoms with van der Waals surface area (Å²) in [5.74, 6) is -2.08. The van der Waals surface area contributed by atoms with Crippen molar-refractivity contribution >= 4 is 29.2 Å². The third-order valence-electron chi connectivity index (χ3n) is 3.19. The first-order chi connectivity index (χ1) is 11.3. The van der Waals surface area contributed by atoms with Gasteiger partial charge >= 0.3 is 5.97 Å². The molecule has 0 bridgehead atoms. The van der Waals surface area contributed by atoms with E-state index in [1.54, 1.807) is 12.1 Å². The molecule has 0 radical (unpaired) electrons. The lowest BCUT2D eigenvalue weighted by molar-refractivity contribution is -0.135. The van der Waals surface area contributed by atoms with E-state index in [2.05, 4.69) is 10.6 Å². The van der Waals surface area contributed by atoms with Crippen molar-refractivity contribution in [2.45, 2.75) is 6.92 Å². The van der Waals surface area contributed by atoms with Gasteiger partial charge in [-0.1, -0.05) is 17.7 Å². The summed E-state index contributed by atoms with van der Waals surface area (Å²) in [7, 11) is 0. The predicted octanol–water partition coefficient (Wildman–Crippen LogP) is 1.64. The van der Waals surface area contributed by atoms with Crippen LogP contribution in [0, 0.1) is 6.92 Å². The van der Waals surface area contributed by atoms with Gasteiger partial charge in [-0.3, -0.25) is 14.4 Å². The van der Waals surface area contributed by atoms with E-state index < -0.39 is 18.4 Å². The Balaban J connectivity index is 2.15. The maximum Gasteiger partial charge on any atom is 0.322 e. The summed E-state index contributed by atoms with van der Waals surface area (Å²) in [4.78, 5) is 34.6. The second-order valence-electron chi connectivity index (χ2n) is 5.24. The quantitative estimate of drug-likeness (QED) is 0.622. The van der Waals surface area contributed by atoms with E-state index in [1.165, 1.54) is 18.2 Å². The van der Waals surface area contributed by atoms with Crippen LogP contribution in [0.2, 0.25) is 0 Å². The average Bonchev–Trinajstić information content (AvgIpc) is 2.52. The summed E-state index contributed by atoms with van der Waals surface area (Å²) in [6.07, 6.45) is 0. The molecular formula is C17H17N3O4. The Bertz CT molecular complexity index is 785. The van der Waals surface area contributed by atoms with Gasteiger partial charge < -0.3 is 21.5 Å². The van der Waals surface area contributed by atoms with Gasteiger partial charge in [0.2, 0.25) is 0 Å². The summed E-state index contributed by atoms with van der Waals surface area (Å²) < 4.78 is 0. The van der Waals surface area contributed by atoms with Crippen LogP contribution in [0.4, 0.5) is 11.4 Å². The molecule has 7 heteroatoms. The van der Waals surface area contributed by atoms with Crippen molar-refractivity contribution < 1.29 is 19.5 Å². The summed E-state index contributed by atoms with van der Waals surface area (Å²) in [5.41, 5.74) is 8.03. The highest BCUT2D eigenvalue weighted by Crippen LogP contribution is 2.18. The maximum absolute atomic E-state index is 12.2. The number of benzene rings is 2. The molecule has 0 aliphatic heterocycles. The van der Waals surface area contributed by atoms with E-state index in [1.807, 2.05) is 19.1 Å². The van der Waals surface area contributed by atoms with Crippen LogP contribution < -0.4 is 16.4 Å². The SMILES string of the molecule is Cc1ccc(C(=O)Nc2cc(N)cc(C(=O)NCC(=O)O)c2)cc1. The van der Waals surface area contributed by atoms with Gasteiger partial charge in [-0.05, 0) is 37.3 Å². The first-order valence-electron chi connectivity index (χ1n) is 7.14. The summed E-state index contributed by atoms with van der Waals surface area (Å²) >= 11 is 0. The zero-order chi connectivity index (χ0) is 17.7. The molecule has 0 unspecified atom stereocenters. The van der Waals surface area contributed by atoms with Crippen molar-refractivity contribution in [3.63, 3.8) is 0 Å². The molecule has 2 aromatic carbocycles. The average molecular weight is 327 g/mol. The lowest BCUT2D eigenvalue weighted by Crippen LogP contribution is -2.29. The van der Waals surface area contributed by atoms with Gasteiger partial charge in [0.05, 0.1) is 0 Å². The Morgan fingerprint density at radius 3 is 2.29 bits per heavy atom. The van der Waals surface area contributed by atoms with Crippen LogP contribution in [0.15, 0.2) is 42.5 Å². The number of hydrogen-bond acceptors (Lipinski definition) is 4. The molecule has 2 amide bonds. The fourth-order valence-electron chi connectivity index (χ4n) is 2.02. The van der Waals surface area contributed by atoms with Crippen LogP contribution in [-0.2, 0) is 4.79 Å².